The molecule has 16 heavy (non-hydrogen) atoms. The predicted molar refractivity (Wildman–Crippen MR) is 62.8 cm³/mol. The van der Waals surface area contributed by atoms with Gasteiger partial charge in [0.2, 0.25) is 0 Å². The first-order valence-corrected chi connectivity index (χ1v) is 7.10. The summed E-state index contributed by atoms with van der Waals surface area (Å²) in [6.45, 7) is 5.96. The van der Waals surface area contributed by atoms with Crippen LogP contribution < -0.4 is 5.73 Å². The molecule has 0 saturated carbocycles. The lowest BCUT2D eigenvalue weighted by Gasteiger charge is -2.24. The number of anilines is 1. The highest BCUT2D eigenvalue weighted by atomic mass is 32.2. The van der Waals surface area contributed by atoms with Crippen LogP contribution in [0.3, 0.4) is 0 Å². The number of hydrogen-bond donors (Lipinski definition) is 1. The largest absolute Gasteiger partial charge is 0.382 e. The molecule has 2 rings (SSSR count). The Balaban J connectivity index is 2.60. The van der Waals surface area contributed by atoms with Crippen LogP contribution in [-0.4, -0.2) is 24.0 Å². The van der Waals surface area contributed by atoms with E-state index >= 15 is 0 Å². The SMILES string of the molecule is CC(C)(C)n1nc(N)c2c1CS(=O)(=O)CC2. The van der Waals surface area contributed by atoms with Crippen molar-refractivity contribution >= 4 is 15.7 Å². The van der Waals surface area contributed by atoms with Gasteiger partial charge in [-0.2, -0.15) is 5.10 Å². The molecule has 1 aromatic rings. The summed E-state index contributed by atoms with van der Waals surface area (Å²) in [5.74, 6) is 0.712. The van der Waals surface area contributed by atoms with Crippen molar-refractivity contribution in [1.29, 1.82) is 0 Å². The summed E-state index contributed by atoms with van der Waals surface area (Å²) in [6.07, 6.45) is 0.486. The number of hydrogen-bond acceptors (Lipinski definition) is 4. The quantitative estimate of drug-likeness (QED) is 0.727. The van der Waals surface area contributed by atoms with E-state index in [9.17, 15) is 8.42 Å². The van der Waals surface area contributed by atoms with Gasteiger partial charge in [0.25, 0.3) is 0 Å². The van der Waals surface area contributed by atoms with Crippen LogP contribution in [0.4, 0.5) is 5.82 Å². The Morgan fingerprint density at radius 3 is 2.56 bits per heavy atom. The van der Waals surface area contributed by atoms with Gasteiger partial charge in [0, 0.05) is 5.56 Å². The molecule has 0 radical (unpaired) electrons. The first-order chi connectivity index (χ1) is 7.21. The summed E-state index contributed by atoms with van der Waals surface area (Å²) in [7, 11) is -2.98. The highest BCUT2D eigenvalue weighted by Gasteiger charge is 2.31. The minimum absolute atomic E-state index is 0.0593. The fourth-order valence-corrected chi connectivity index (χ4v) is 3.39. The molecule has 0 aromatic carbocycles. The first kappa shape index (κ1) is 11.4. The van der Waals surface area contributed by atoms with Crippen LogP contribution in [0.1, 0.15) is 32.0 Å². The topological polar surface area (TPSA) is 78.0 Å². The van der Waals surface area contributed by atoms with Crippen molar-refractivity contribution in [2.45, 2.75) is 38.5 Å². The average molecular weight is 243 g/mol. The zero-order chi connectivity index (χ0) is 12.1. The Kier molecular flexibility index (Phi) is 2.31. The molecule has 0 fully saturated rings. The van der Waals surface area contributed by atoms with E-state index in [0.717, 1.165) is 11.3 Å². The third-order valence-corrected chi connectivity index (χ3v) is 4.32. The van der Waals surface area contributed by atoms with Gasteiger partial charge in [0.1, 0.15) is 5.82 Å². The molecule has 90 valence electrons. The molecule has 0 atom stereocenters. The monoisotopic (exact) mass is 243 g/mol. The molecule has 6 heteroatoms. The first-order valence-electron chi connectivity index (χ1n) is 5.28. The van der Waals surface area contributed by atoms with Gasteiger partial charge < -0.3 is 5.73 Å². The van der Waals surface area contributed by atoms with Crippen molar-refractivity contribution in [2.24, 2.45) is 0 Å². The van der Waals surface area contributed by atoms with Gasteiger partial charge in [0.05, 0.1) is 22.7 Å². The van der Waals surface area contributed by atoms with Crippen LogP contribution in [0.5, 0.6) is 0 Å². The molecule has 0 aliphatic carbocycles. The number of nitrogens with zero attached hydrogens (tertiary/aromatic N) is 2. The lowest BCUT2D eigenvalue weighted by atomic mass is 10.1. The fraction of sp³-hybridized carbons (Fsp3) is 0.700. The number of sulfone groups is 1. The van der Waals surface area contributed by atoms with Gasteiger partial charge in [0.15, 0.2) is 9.84 Å². The second-order valence-corrected chi connectivity index (χ2v) is 7.42. The molecular weight excluding hydrogens is 226 g/mol. The average Bonchev–Trinajstić information content (AvgIpc) is 2.40. The molecule has 1 aromatic heterocycles. The van der Waals surface area contributed by atoms with Crippen molar-refractivity contribution in [2.75, 3.05) is 11.5 Å². The van der Waals surface area contributed by atoms with Crippen LogP contribution in [0.2, 0.25) is 0 Å². The van der Waals surface area contributed by atoms with Crippen molar-refractivity contribution in [3.63, 3.8) is 0 Å². The maximum atomic E-state index is 11.6. The lowest BCUT2D eigenvalue weighted by Crippen LogP contribution is -2.29. The van der Waals surface area contributed by atoms with Gasteiger partial charge in [-0.25, -0.2) is 8.42 Å². The highest BCUT2D eigenvalue weighted by Crippen LogP contribution is 2.29. The molecule has 0 saturated heterocycles. The fourth-order valence-electron chi connectivity index (χ4n) is 2.02. The van der Waals surface area contributed by atoms with Crippen LogP contribution in [-0.2, 0) is 27.5 Å². The summed E-state index contributed by atoms with van der Waals surface area (Å²) < 4.78 is 25.0. The molecule has 0 bridgehead atoms. The maximum Gasteiger partial charge on any atom is 0.156 e. The smallest absolute Gasteiger partial charge is 0.156 e. The summed E-state index contributed by atoms with van der Waals surface area (Å²) in [6, 6.07) is 0. The molecular formula is C10H17N3O2S. The normalized spacial score (nSPS) is 19.4. The van der Waals surface area contributed by atoms with Gasteiger partial charge >= 0.3 is 0 Å². The molecule has 1 aliphatic rings. The third kappa shape index (κ3) is 1.81. The Morgan fingerprint density at radius 1 is 1.38 bits per heavy atom. The Morgan fingerprint density at radius 2 is 2.00 bits per heavy atom. The standard InChI is InChI=1S/C10H17N3O2S/c1-10(2,3)13-8-6-16(14,15)5-4-7(8)9(11)12-13/h4-6H2,1-3H3,(H2,11,12). The number of fused-ring (bicyclic) bond motifs is 1. The van der Waals surface area contributed by atoms with Crippen LogP contribution >= 0.6 is 0 Å². The molecule has 2 heterocycles. The number of rotatable bonds is 0. The highest BCUT2D eigenvalue weighted by molar-refractivity contribution is 7.90. The Hall–Kier alpha value is -1.04. The van der Waals surface area contributed by atoms with Crippen LogP contribution in [0.15, 0.2) is 0 Å². The Bertz CT molecular complexity index is 523. The van der Waals surface area contributed by atoms with Crippen molar-refractivity contribution in [1.82, 2.24) is 9.78 Å². The maximum absolute atomic E-state index is 11.6. The van der Waals surface area contributed by atoms with Crippen molar-refractivity contribution in [3.8, 4) is 0 Å². The molecule has 0 spiro atoms. The van der Waals surface area contributed by atoms with E-state index in [1.54, 1.807) is 4.68 Å². The van der Waals surface area contributed by atoms with E-state index in [2.05, 4.69) is 5.10 Å². The van der Waals surface area contributed by atoms with Gasteiger partial charge in [-0.3, -0.25) is 4.68 Å². The van der Waals surface area contributed by atoms with Gasteiger partial charge in [-0.1, -0.05) is 0 Å². The molecule has 0 amide bonds. The minimum atomic E-state index is -2.98. The Labute approximate surface area is 95.6 Å². The van der Waals surface area contributed by atoms with E-state index in [1.165, 1.54) is 0 Å². The summed E-state index contributed by atoms with van der Waals surface area (Å²) >= 11 is 0. The van der Waals surface area contributed by atoms with E-state index in [4.69, 9.17) is 5.73 Å². The minimum Gasteiger partial charge on any atom is -0.382 e. The second-order valence-electron chi connectivity index (χ2n) is 5.24. The third-order valence-electron chi connectivity index (χ3n) is 2.78. The van der Waals surface area contributed by atoms with Crippen LogP contribution in [0, 0.1) is 0 Å². The number of nitrogen functional groups attached to an aromatic ring is 1. The number of aromatic nitrogens is 2. The molecule has 2 N–H and O–H groups in total. The van der Waals surface area contributed by atoms with E-state index in [1.807, 2.05) is 20.8 Å². The van der Waals surface area contributed by atoms with Gasteiger partial charge in [-0.05, 0) is 27.2 Å². The molecule has 5 nitrogen and oxygen atoms in total. The van der Waals surface area contributed by atoms with Gasteiger partial charge in [-0.15, -0.1) is 0 Å². The van der Waals surface area contributed by atoms with Crippen LogP contribution in [0.25, 0.3) is 0 Å². The predicted octanol–water partition coefficient (Wildman–Crippen LogP) is 0.691. The van der Waals surface area contributed by atoms with E-state index in [-0.39, 0.29) is 17.0 Å². The zero-order valence-corrected chi connectivity index (χ0v) is 10.6. The summed E-state index contributed by atoms with van der Waals surface area (Å²) in [5.41, 5.74) is 7.25. The molecule has 1 aliphatic heterocycles. The molecule has 0 unspecified atom stereocenters. The second kappa shape index (κ2) is 3.23. The summed E-state index contributed by atoms with van der Waals surface area (Å²) in [5, 5.41) is 4.26. The lowest BCUT2D eigenvalue weighted by molar-refractivity contribution is 0.346. The zero-order valence-electron chi connectivity index (χ0n) is 9.82. The summed E-state index contributed by atoms with van der Waals surface area (Å²) in [4.78, 5) is 0. The van der Waals surface area contributed by atoms with E-state index in [0.29, 0.717) is 12.2 Å². The van der Waals surface area contributed by atoms with Crippen molar-refractivity contribution < 1.29 is 8.42 Å². The number of nitrogens with two attached hydrogens (primary N) is 1. The van der Waals surface area contributed by atoms with E-state index < -0.39 is 9.84 Å². The van der Waals surface area contributed by atoms with Crippen molar-refractivity contribution in [3.05, 3.63) is 11.3 Å².